The largest absolute Gasteiger partial charge is 0.352 e. The summed E-state index contributed by atoms with van der Waals surface area (Å²) in [5.74, 6) is -0.805. The average molecular weight is 742 g/mol. The molecule has 4 aromatic rings. The van der Waals surface area contributed by atoms with Crippen molar-refractivity contribution in [1.29, 1.82) is 0 Å². The van der Waals surface area contributed by atoms with Crippen LogP contribution in [0.25, 0.3) is 0 Å². The molecule has 0 aliphatic heterocycles. The van der Waals surface area contributed by atoms with Gasteiger partial charge in [0.15, 0.2) is 0 Å². The van der Waals surface area contributed by atoms with E-state index >= 15 is 0 Å². The van der Waals surface area contributed by atoms with Crippen LogP contribution in [0.15, 0.2) is 123 Å². The van der Waals surface area contributed by atoms with E-state index in [1.54, 1.807) is 42.5 Å². The number of sulfonamides is 1. The van der Waals surface area contributed by atoms with Gasteiger partial charge in [0.05, 0.1) is 10.6 Å². The molecule has 0 aromatic heterocycles. The third-order valence-corrected chi connectivity index (χ3v) is 10.0. The van der Waals surface area contributed by atoms with Crippen molar-refractivity contribution in [3.63, 3.8) is 0 Å². The second-order valence-electron chi connectivity index (χ2n) is 10.5. The zero-order chi connectivity index (χ0) is 31.7. The van der Waals surface area contributed by atoms with Crippen LogP contribution in [-0.2, 0) is 32.6 Å². The van der Waals surface area contributed by atoms with E-state index in [9.17, 15) is 18.0 Å². The zero-order valence-electron chi connectivity index (χ0n) is 24.6. The number of carbonyl (C=O) groups excluding carboxylic acids is 2. The van der Waals surface area contributed by atoms with E-state index in [0.29, 0.717) is 5.69 Å². The summed E-state index contributed by atoms with van der Waals surface area (Å²) in [6.07, 6.45) is 0.975. The minimum absolute atomic E-state index is 0.0598. The van der Waals surface area contributed by atoms with Gasteiger partial charge in [0.1, 0.15) is 12.6 Å². The molecular weight excluding hydrogens is 706 g/mol. The minimum atomic E-state index is -4.14. The molecule has 44 heavy (non-hydrogen) atoms. The molecule has 0 aliphatic carbocycles. The third kappa shape index (κ3) is 8.80. The molecule has 0 fully saturated rings. The lowest BCUT2D eigenvalue weighted by Crippen LogP contribution is -2.54. The molecule has 0 aliphatic rings. The standard InChI is InChI=1S/C34H35Br2N3O4S/c1-3-25(2)37-34(41)32(22-26-11-6-4-7-12-26)38(23-27-13-10-14-29(36)21-27)33(40)24-39(30-19-17-28(35)18-20-30)44(42,43)31-15-8-5-9-16-31/h4-21,25,32H,3,22-24H2,1-2H3,(H,37,41). The molecule has 2 atom stereocenters. The highest BCUT2D eigenvalue weighted by atomic mass is 79.9. The van der Waals surface area contributed by atoms with Crippen molar-refractivity contribution in [3.8, 4) is 0 Å². The molecule has 2 unspecified atom stereocenters. The first-order chi connectivity index (χ1) is 21.1. The number of amides is 2. The Kier molecular flexibility index (Phi) is 11.8. The summed E-state index contributed by atoms with van der Waals surface area (Å²) in [5.41, 5.74) is 2.00. The normalized spacial score (nSPS) is 12.6. The van der Waals surface area contributed by atoms with Crippen LogP contribution in [0, 0.1) is 0 Å². The van der Waals surface area contributed by atoms with Crippen molar-refractivity contribution < 1.29 is 18.0 Å². The van der Waals surface area contributed by atoms with Gasteiger partial charge in [0.2, 0.25) is 11.8 Å². The monoisotopic (exact) mass is 739 g/mol. The van der Waals surface area contributed by atoms with Gasteiger partial charge in [-0.05, 0) is 73.0 Å². The maximum atomic E-state index is 14.5. The van der Waals surface area contributed by atoms with Crippen molar-refractivity contribution in [2.24, 2.45) is 0 Å². The van der Waals surface area contributed by atoms with Gasteiger partial charge >= 0.3 is 0 Å². The van der Waals surface area contributed by atoms with Gasteiger partial charge in [0, 0.05) is 28.0 Å². The highest BCUT2D eigenvalue weighted by molar-refractivity contribution is 9.10. The first kappa shape index (κ1) is 33.4. The summed E-state index contributed by atoms with van der Waals surface area (Å²) < 4.78 is 30.7. The fourth-order valence-corrected chi connectivity index (χ4v) is 6.83. The molecule has 10 heteroatoms. The molecule has 4 aromatic carbocycles. The quantitative estimate of drug-likeness (QED) is 0.161. The van der Waals surface area contributed by atoms with Gasteiger partial charge in [0.25, 0.3) is 10.0 Å². The van der Waals surface area contributed by atoms with Crippen molar-refractivity contribution in [2.75, 3.05) is 10.8 Å². The van der Waals surface area contributed by atoms with E-state index in [2.05, 4.69) is 37.2 Å². The van der Waals surface area contributed by atoms with E-state index in [0.717, 1.165) is 30.8 Å². The van der Waals surface area contributed by atoms with E-state index in [-0.39, 0.29) is 29.8 Å². The molecule has 4 rings (SSSR count). The number of hydrogen-bond acceptors (Lipinski definition) is 4. The number of hydrogen-bond donors (Lipinski definition) is 1. The fourth-order valence-electron chi connectivity index (χ4n) is 4.68. The van der Waals surface area contributed by atoms with Gasteiger partial charge in [-0.1, -0.05) is 99.4 Å². The average Bonchev–Trinajstić information content (AvgIpc) is 3.02. The third-order valence-electron chi connectivity index (χ3n) is 7.24. The molecular formula is C34H35Br2N3O4S. The molecule has 230 valence electrons. The number of carbonyl (C=O) groups is 2. The first-order valence-corrected chi connectivity index (χ1v) is 17.3. The maximum Gasteiger partial charge on any atom is 0.264 e. The van der Waals surface area contributed by atoms with E-state index < -0.39 is 28.5 Å². The Morgan fingerprint density at radius 1 is 0.795 bits per heavy atom. The van der Waals surface area contributed by atoms with Gasteiger partial charge in [-0.15, -0.1) is 0 Å². The Morgan fingerprint density at radius 2 is 1.41 bits per heavy atom. The Labute approximate surface area is 276 Å². The molecule has 0 bridgehead atoms. The molecule has 7 nitrogen and oxygen atoms in total. The van der Waals surface area contributed by atoms with Gasteiger partial charge in [-0.2, -0.15) is 0 Å². The summed E-state index contributed by atoms with van der Waals surface area (Å²) >= 11 is 6.91. The highest BCUT2D eigenvalue weighted by Crippen LogP contribution is 2.27. The minimum Gasteiger partial charge on any atom is -0.352 e. The molecule has 0 radical (unpaired) electrons. The van der Waals surface area contributed by atoms with Crippen molar-refractivity contribution >= 4 is 59.4 Å². The second-order valence-corrected chi connectivity index (χ2v) is 14.2. The maximum absolute atomic E-state index is 14.5. The van der Waals surface area contributed by atoms with Crippen LogP contribution in [0.2, 0.25) is 0 Å². The Bertz CT molecular complexity index is 1650. The predicted octanol–water partition coefficient (Wildman–Crippen LogP) is 6.96. The SMILES string of the molecule is CCC(C)NC(=O)C(Cc1ccccc1)N(Cc1cccc(Br)c1)C(=O)CN(c1ccc(Br)cc1)S(=O)(=O)c1ccccc1. The van der Waals surface area contributed by atoms with Crippen molar-refractivity contribution in [2.45, 2.75) is 50.2 Å². The van der Waals surface area contributed by atoms with Crippen LogP contribution in [-0.4, -0.2) is 43.8 Å². The molecule has 0 saturated heterocycles. The lowest BCUT2D eigenvalue weighted by molar-refractivity contribution is -0.140. The Hall–Kier alpha value is -3.47. The van der Waals surface area contributed by atoms with Crippen LogP contribution in [0.3, 0.4) is 0 Å². The van der Waals surface area contributed by atoms with Crippen LogP contribution >= 0.6 is 31.9 Å². The van der Waals surface area contributed by atoms with Crippen LogP contribution in [0.1, 0.15) is 31.4 Å². The number of halogens is 2. The van der Waals surface area contributed by atoms with Crippen molar-refractivity contribution in [3.05, 3.63) is 129 Å². The summed E-state index contributed by atoms with van der Waals surface area (Å²) in [4.78, 5) is 29.9. The highest BCUT2D eigenvalue weighted by Gasteiger charge is 2.35. The molecule has 0 spiro atoms. The van der Waals surface area contributed by atoms with E-state index in [4.69, 9.17) is 0 Å². The Balaban J connectivity index is 1.80. The molecule has 2 amide bonds. The van der Waals surface area contributed by atoms with E-state index in [1.165, 1.54) is 17.0 Å². The molecule has 0 heterocycles. The lowest BCUT2D eigenvalue weighted by Gasteiger charge is -2.34. The summed E-state index contributed by atoms with van der Waals surface area (Å²) in [5, 5.41) is 3.05. The Morgan fingerprint density at radius 3 is 2.02 bits per heavy atom. The summed E-state index contributed by atoms with van der Waals surface area (Å²) in [7, 11) is -4.14. The van der Waals surface area contributed by atoms with Crippen molar-refractivity contribution in [1.82, 2.24) is 10.2 Å². The lowest BCUT2D eigenvalue weighted by atomic mass is 10.0. The van der Waals surface area contributed by atoms with Crippen LogP contribution < -0.4 is 9.62 Å². The zero-order valence-corrected chi connectivity index (χ0v) is 28.6. The first-order valence-electron chi connectivity index (χ1n) is 14.3. The number of nitrogens with one attached hydrogen (secondary N) is 1. The molecule has 1 N–H and O–H groups in total. The fraction of sp³-hybridized carbons (Fsp3) is 0.235. The van der Waals surface area contributed by atoms with Gasteiger partial charge < -0.3 is 10.2 Å². The van der Waals surface area contributed by atoms with E-state index in [1.807, 2.05) is 68.4 Å². The molecule has 0 saturated carbocycles. The summed E-state index contributed by atoms with van der Waals surface area (Å²) in [6, 6.07) is 30.8. The smallest absolute Gasteiger partial charge is 0.264 e. The number of rotatable bonds is 13. The summed E-state index contributed by atoms with van der Waals surface area (Å²) in [6.45, 7) is 3.49. The van der Waals surface area contributed by atoms with Crippen LogP contribution in [0.4, 0.5) is 5.69 Å². The predicted molar refractivity (Wildman–Crippen MR) is 182 cm³/mol. The topological polar surface area (TPSA) is 86.8 Å². The van der Waals surface area contributed by atoms with Gasteiger partial charge in [-0.25, -0.2) is 8.42 Å². The van der Waals surface area contributed by atoms with Crippen LogP contribution in [0.5, 0.6) is 0 Å². The number of nitrogens with zero attached hydrogens (tertiary/aromatic N) is 2. The number of benzene rings is 4. The second kappa shape index (κ2) is 15.5. The number of anilines is 1. The van der Waals surface area contributed by atoms with Gasteiger partial charge in [-0.3, -0.25) is 13.9 Å².